The number of carbonyl (C=O) groups is 1. The number of rotatable bonds is 2. The molecule has 6 nitrogen and oxygen atoms in total. The van der Waals surface area contributed by atoms with Gasteiger partial charge in [0.05, 0.1) is 16.7 Å². The van der Waals surface area contributed by atoms with E-state index in [2.05, 4.69) is 26.0 Å². The van der Waals surface area contributed by atoms with Crippen LogP contribution in [0.25, 0.3) is 0 Å². The first-order chi connectivity index (χ1) is 9.68. The zero-order valence-corrected chi connectivity index (χ0v) is 12.4. The summed E-state index contributed by atoms with van der Waals surface area (Å²) < 4.78 is 8.03. The monoisotopic (exact) mass is 336 g/mol. The van der Waals surface area contributed by atoms with Crippen molar-refractivity contribution in [1.29, 1.82) is 0 Å². The molecule has 0 spiro atoms. The van der Waals surface area contributed by atoms with Gasteiger partial charge in [-0.2, -0.15) is 5.10 Å². The number of amides is 1. The van der Waals surface area contributed by atoms with Gasteiger partial charge >= 0.3 is 0 Å². The van der Waals surface area contributed by atoms with Crippen LogP contribution in [0.3, 0.4) is 0 Å². The van der Waals surface area contributed by atoms with Crippen LogP contribution in [0.15, 0.2) is 35.3 Å². The molecule has 1 aliphatic heterocycles. The second-order valence-electron chi connectivity index (χ2n) is 4.48. The molecule has 1 aromatic heterocycles. The van der Waals surface area contributed by atoms with Crippen LogP contribution in [0, 0.1) is 0 Å². The van der Waals surface area contributed by atoms with E-state index in [4.69, 9.17) is 4.74 Å². The molecule has 1 unspecified atom stereocenters. The van der Waals surface area contributed by atoms with Crippen LogP contribution in [-0.2, 0) is 4.79 Å². The van der Waals surface area contributed by atoms with Crippen molar-refractivity contribution in [3.8, 4) is 5.75 Å². The fourth-order valence-corrected chi connectivity index (χ4v) is 2.67. The van der Waals surface area contributed by atoms with Crippen molar-refractivity contribution in [3.63, 3.8) is 0 Å². The highest BCUT2D eigenvalue weighted by molar-refractivity contribution is 9.10. The van der Waals surface area contributed by atoms with E-state index in [-0.39, 0.29) is 5.91 Å². The number of anilines is 1. The van der Waals surface area contributed by atoms with E-state index in [1.165, 1.54) is 6.33 Å². The maximum absolute atomic E-state index is 12.6. The molecule has 1 atom stereocenters. The Hall–Kier alpha value is -1.89. The molecular formula is C13H13BrN4O2. The lowest BCUT2D eigenvalue weighted by molar-refractivity contribution is -0.121. The molecule has 20 heavy (non-hydrogen) atoms. The Bertz CT molecular complexity index is 629. The van der Waals surface area contributed by atoms with Gasteiger partial charge in [-0.3, -0.25) is 4.79 Å². The van der Waals surface area contributed by atoms with Gasteiger partial charge in [-0.1, -0.05) is 6.07 Å². The topological polar surface area (TPSA) is 60.2 Å². The maximum Gasteiger partial charge on any atom is 0.251 e. The molecule has 2 aromatic rings. The van der Waals surface area contributed by atoms with Gasteiger partial charge in [0.1, 0.15) is 25.3 Å². The number of nitrogens with zero attached hydrogens (tertiary/aromatic N) is 4. The number of fused-ring (bicyclic) bond motifs is 1. The quantitative estimate of drug-likeness (QED) is 0.841. The number of hydrogen-bond donors (Lipinski definition) is 0. The fraction of sp³-hybridized carbons (Fsp3) is 0.308. The first kappa shape index (κ1) is 13.1. The van der Waals surface area contributed by atoms with Crippen molar-refractivity contribution in [2.24, 2.45) is 0 Å². The number of benzene rings is 1. The van der Waals surface area contributed by atoms with E-state index in [0.717, 1.165) is 10.2 Å². The van der Waals surface area contributed by atoms with Gasteiger partial charge in [0.15, 0.2) is 5.75 Å². The lowest BCUT2D eigenvalue weighted by Gasteiger charge is -2.31. The Kier molecular flexibility index (Phi) is 3.43. The van der Waals surface area contributed by atoms with E-state index in [9.17, 15) is 4.79 Å². The first-order valence-electron chi connectivity index (χ1n) is 6.25. The van der Waals surface area contributed by atoms with Crippen LogP contribution in [-0.4, -0.2) is 33.8 Å². The average molecular weight is 337 g/mol. The molecule has 0 saturated carbocycles. The molecule has 2 heterocycles. The lowest BCUT2D eigenvalue weighted by atomic mass is 10.2. The van der Waals surface area contributed by atoms with Crippen molar-refractivity contribution >= 4 is 27.5 Å². The summed E-state index contributed by atoms with van der Waals surface area (Å²) in [4.78, 5) is 18.2. The number of ether oxygens (including phenoxy) is 1. The van der Waals surface area contributed by atoms with E-state index < -0.39 is 6.04 Å². The van der Waals surface area contributed by atoms with E-state index in [1.54, 1.807) is 15.9 Å². The number of hydrogen-bond acceptors (Lipinski definition) is 4. The number of para-hydroxylation sites is 1. The Morgan fingerprint density at radius 2 is 2.35 bits per heavy atom. The normalized spacial score (nSPS) is 15.4. The van der Waals surface area contributed by atoms with E-state index in [1.807, 2.05) is 25.1 Å². The van der Waals surface area contributed by atoms with Crippen molar-refractivity contribution in [1.82, 2.24) is 14.8 Å². The van der Waals surface area contributed by atoms with Crippen LogP contribution in [0.5, 0.6) is 5.75 Å². The molecule has 0 fully saturated rings. The van der Waals surface area contributed by atoms with E-state index in [0.29, 0.717) is 18.9 Å². The number of halogens is 1. The van der Waals surface area contributed by atoms with Crippen LogP contribution < -0.4 is 9.64 Å². The summed E-state index contributed by atoms with van der Waals surface area (Å²) in [5.74, 6) is 0.677. The van der Waals surface area contributed by atoms with Gasteiger partial charge in [0, 0.05) is 0 Å². The molecule has 0 bridgehead atoms. The van der Waals surface area contributed by atoms with Gasteiger partial charge in [-0.25, -0.2) is 9.67 Å². The van der Waals surface area contributed by atoms with Gasteiger partial charge in [-0.15, -0.1) is 0 Å². The standard InChI is InChI=1S/C13H13BrN4O2/c1-9(18-8-15-7-16-18)13(19)17-5-6-20-12-10(14)3-2-4-11(12)17/h2-4,7-9H,5-6H2,1H3. The summed E-state index contributed by atoms with van der Waals surface area (Å²) >= 11 is 3.44. The van der Waals surface area contributed by atoms with Crippen molar-refractivity contribution in [2.45, 2.75) is 13.0 Å². The predicted octanol–water partition coefficient (Wildman–Crippen LogP) is 2.03. The lowest BCUT2D eigenvalue weighted by Crippen LogP contribution is -2.41. The largest absolute Gasteiger partial charge is 0.488 e. The minimum absolute atomic E-state index is 0.0295. The van der Waals surface area contributed by atoms with Crippen LogP contribution in [0.1, 0.15) is 13.0 Å². The summed E-state index contributed by atoms with van der Waals surface area (Å²) in [6, 6.07) is 5.26. The Balaban J connectivity index is 1.93. The minimum Gasteiger partial charge on any atom is -0.488 e. The molecule has 0 aliphatic carbocycles. The molecular weight excluding hydrogens is 324 g/mol. The van der Waals surface area contributed by atoms with E-state index >= 15 is 0 Å². The van der Waals surface area contributed by atoms with Crippen molar-refractivity contribution in [2.75, 3.05) is 18.1 Å². The highest BCUT2D eigenvalue weighted by atomic mass is 79.9. The molecule has 3 rings (SSSR count). The zero-order chi connectivity index (χ0) is 14.1. The molecule has 1 aliphatic rings. The smallest absolute Gasteiger partial charge is 0.251 e. The molecule has 1 amide bonds. The highest BCUT2D eigenvalue weighted by Gasteiger charge is 2.29. The van der Waals surface area contributed by atoms with Gasteiger partial charge in [0.2, 0.25) is 0 Å². The van der Waals surface area contributed by atoms with Crippen molar-refractivity contribution < 1.29 is 9.53 Å². The third-order valence-corrected chi connectivity index (χ3v) is 3.88. The highest BCUT2D eigenvalue weighted by Crippen LogP contribution is 2.38. The summed E-state index contributed by atoms with van der Waals surface area (Å²) in [7, 11) is 0. The summed E-state index contributed by atoms with van der Waals surface area (Å²) in [5, 5.41) is 4.02. The number of aromatic nitrogens is 3. The Morgan fingerprint density at radius 1 is 1.50 bits per heavy atom. The average Bonchev–Trinajstić information content (AvgIpc) is 3.00. The minimum atomic E-state index is -0.401. The van der Waals surface area contributed by atoms with Crippen molar-refractivity contribution in [3.05, 3.63) is 35.3 Å². The van der Waals surface area contributed by atoms with Gasteiger partial charge in [-0.05, 0) is 35.0 Å². The first-order valence-corrected chi connectivity index (χ1v) is 7.04. The Morgan fingerprint density at radius 3 is 3.10 bits per heavy atom. The van der Waals surface area contributed by atoms with Crippen LogP contribution >= 0.6 is 15.9 Å². The molecule has 0 N–H and O–H groups in total. The fourth-order valence-electron chi connectivity index (χ4n) is 2.20. The SMILES string of the molecule is CC(C(=O)N1CCOc2c(Br)cccc21)n1cncn1. The second-order valence-corrected chi connectivity index (χ2v) is 5.33. The molecule has 104 valence electrons. The third kappa shape index (κ3) is 2.18. The van der Waals surface area contributed by atoms with Crippen LogP contribution in [0.4, 0.5) is 5.69 Å². The summed E-state index contributed by atoms with van der Waals surface area (Å²) in [5.41, 5.74) is 0.780. The predicted molar refractivity (Wildman–Crippen MR) is 76.7 cm³/mol. The second kappa shape index (κ2) is 5.24. The molecule has 1 aromatic carbocycles. The third-order valence-electron chi connectivity index (χ3n) is 3.26. The molecule has 7 heteroatoms. The molecule has 0 radical (unpaired) electrons. The zero-order valence-electron chi connectivity index (χ0n) is 10.9. The summed E-state index contributed by atoms with van der Waals surface area (Å²) in [6.07, 6.45) is 2.97. The van der Waals surface area contributed by atoms with Gasteiger partial charge < -0.3 is 9.64 Å². The Labute approximate surface area is 124 Å². The summed E-state index contributed by atoms with van der Waals surface area (Å²) in [6.45, 7) is 2.82. The van der Waals surface area contributed by atoms with Crippen LogP contribution in [0.2, 0.25) is 0 Å². The number of carbonyl (C=O) groups excluding carboxylic acids is 1. The molecule has 0 saturated heterocycles. The maximum atomic E-state index is 12.6. The van der Waals surface area contributed by atoms with Gasteiger partial charge in [0.25, 0.3) is 5.91 Å².